The Hall–Kier alpha value is -1.94. The molecule has 0 saturated carbocycles. The third-order valence-corrected chi connectivity index (χ3v) is 4.28. The van der Waals surface area contributed by atoms with E-state index in [1.807, 2.05) is 18.2 Å². The maximum Gasteiger partial charge on any atom is 0.238 e. The second kappa shape index (κ2) is 6.68. The third kappa shape index (κ3) is 2.76. The number of methoxy groups -OCH3 is 1. The fraction of sp³-hybridized carbons (Fsp3) is 0.412. The minimum absolute atomic E-state index is 0.382. The molecule has 1 atom stereocenters. The first kappa shape index (κ1) is 15.4. The minimum atomic E-state index is -0.765. The van der Waals surface area contributed by atoms with Crippen LogP contribution in [0.2, 0.25) is 0 Å². The molecule has 0 amide bonds. The number of aliphatic hydroxyl groups is 1. The largest absolute Gasteiger partial charge is 0.480 e. The molecule has 0 spiro atoms. The molecule has 2 aromatic rings. The summed E-state index contributed by atoms with van der Waals surface area (Å²) in [6.45, 7) is 4.17. The van der Waals surface area contributed by atoms with E-state index in [0.717, 1.165) is 18.4 Å². The smallest absolute Gasteiger partial charge is 0.238 e. The average molecular weight is 286 g/mol. The van der Waals surface area contributed by atoms with E-state index in [9.17, 15) is 5.11 Å². The highest BCUT2D eigenvalue weighted by molar-refractivity contribution is 5.32. The van der Waals surface area contributed by atoms with Crippen molar-refractivity contribution in [1.29, 1.82) is 0 Å². The monoisotopic (exact) mass is 286 g/mol. The highest BCUT2D eigenvalue weighted by atomic mass is 16.5. The molecule has 4 nitrogen and oxygen atoms in total. The van der Waals surface area contributed by atoms with E-state index < -0.39 is 11.5 Å². The number of aliphatic hydroxyl groups excluding tert-OH is 1. The van der Waals surface area contributed by atoms with Crippen LogP contribution in [0.5, 0.6) is 5.88 Å². The second-order valence-corrected chi connectivity index (χ2v) is 5.08. The van der Waals surface area contributed by atoms with Crippen LogP contribution in [0.1, 0.15) is 44.1 Å². The van der Waals surface area contributed by atoms with Gasteiger partial charge >= 0.3 is 0 Å². The van der Waals surface area contributed by atoms with Gasteiger partial charge in [-0.15, -0.1) is 0 Å². The molecule has 0 aliphatic heterocycles. The highest BCUT2D eigenvalue weighted by Crippen LogP contribution is 2.44. The minimum Gasteiger partial charge on any atom is -0.480 e. The Morgan fingerprint density at radius 2 is 1.71 bits per heavy atom. The summed E-state index contributed by atoms with van der Waals surface area (Å²) in [4.78, 5) is 8.45. The Morgan fingerprint density at radius 3 is 2.29 bits per heavy atom. The predicted molar refractivity (Wildman–Crippen MR) is 82.2 cm³/mol. The number of hydrogen-bond donors (Lipinski definition) is 1. The van der Waals surface area contributed by atoms with E-state index in [1.54, 1.807) is 19.5 Å². The summed E-state index contributed by atoms with van der Waals surface area (Å²) in [5, 5.41) is 11.0. The quantitative estimate of drug-likeness (QED) is 0.885. The molecule has 21 heavy (non-hydrogen) atoms. The van der Waals surface area contributed by atoms with Crippen molar-refractivity contribution in [1.82, 2.24) is 9.97 Å². The van der Waals surface area contributed by atoms with Gasteiger partial charge in [0.2, 0.25) is 5.88 Å². The van der Waals surface area contributed by atoms with Crippen LogP contribution in [0.4, 0.5) is 0 Å². The van der Waals surface area contributed by atoms with Crippen molar-refractivity contribution in [2.45, 2.75) is 38.2 Å². The van der Waals surface area contributed by atoms with Crippen molar-refractivity contribution in [3.05, 3.63) is 54.0 Å². The van der Waals surface area contributed by atoms with Crippen LogP contribution in [0, 0.1) is 0 Å². The standard InChI is InChI=1S/C17H22N2O2/c1-4-17(5-2,13-9-7-6-8-10-13)15(20)14-16(21-3)19-12-11-18-14/h6-12,15,20H,4-5H2,1-3H3. The van der Waals surface area contributed by atoms with Crippen LogP contribution in [0.15, 0.2) is 42.7 Å². The fourth-order valence-electron chi connectivity index (χ4n) is 2.92. The SMILES string of the molecule is CCC(CC)(c1ccccc1)C(O)c1nccnc1OC. The summed E-state index contributed by atoms with van der Waals surface area (Å²) in [7, 11) is 1.54. The molecule has 1 unspecified atom stereocenters. The van der Waals surface area contributed by atoms with Crippen LogP contribution in [0.3, 0.4) is 0 Å². The lowest BCUT2D eigenvalue weighted by Crippen LogP contribution is -2.33. The molecule has 112 valence electrons. The number of nitrogens with zero attached hydrogens (tertiary/aromatic N) is 2. The van der Waals surface area contributed by atoms with Gasteiger partial charge in [0.05, 0.1) is 7.11 Å². The highest BCUT2D eigenvalue weighted by Gasteiger charge is 2.39. The average Bonchev–Trinajstić information content (AvgIpc) is 2.57. The van der Waals surface area contributed by atoms with E-state index in [2.05, 4.69) is 35.9 Å². The lowest BCUT2D eigenvalue weighted by Gasteiger charge is -2.37. The lowest BCUT2D eigenvalue weighted by atomic mass is 9.70. The number of rotatable bonds is 6. The summed E-state index contributed by atoms with van der Waals surface area (Å²) < 4.78 is 5.25. The predicted octanol–water partition coefficient (Wildman–Crippen LogP) is 3.28. The summed E-state index contributed by atoms with van der Waals surface area (Å²) in [6.07, 6.45) is 3.99. The van der Waals surface area contributed by atoms with Gasteiger partial charge in [-0.1, -0.05) is 44.2 Å². The number of aromatic nitrogens is 2. The van der Waals surface area contributed by atoms with Crippen LogP contribution < -0.4 is 4.74 Å². The van der Waals surface area contributed by atoms with Gasteiger partial charge in [0, 0.05) is 17.8 Å². The first-order valence-corrected chi connectivity index (χ1v) is 7.28. The van der Waals surface area contributed by atoms with E-state index in [0.29, 0.717) is 11.6 Å². The van der Waals surface area contributed by atoms with Crippen molar-refractivity contribution in [2.24, 2.45) is 0 Å². The van der Waals surface area contributed by atoms with Crippen molar-refractivity contribution in [3.63, 3.8) is 0 Å². The van der Waals surface area contributed by atoms with Gasteiger partial charge in [-0.2, -0.15) is 0 Å². The normalized spacial score (nSPS) is 13.0. The molecular weight excluding hydrogens is 264 g/mol. The number of benzene rings is 1. The summed E-state index contributed by atoms with van der Waals surface area (Å²) in [6, 6.07) is 10.1. The molecule has 1 N–H and O–H groups in total. The van der Waals surface area contributed by atoms with Crippen LogP contribution in [0.25, 0.3) is 0 Å². The fourth-order valence-corrected chi connectivity index (χ4v) is 2.92. The second-order valence-electron chi connectivity index (χ2n) is 5.08. The van der Waals surface area contributed by atoms with Gasteiger partial charge in [0.15, 0.2) is 0 Å². The molecule has 0 saturated heterocycles. The van der Waals surface area contributed by atoms with Gasteiger partial charge in [0.25, 0.3) is 0 Å². The summed E-state index contributed by atoms with van der Waals surface area (Å²) >= 11 is 0. The zero-order valence-corrected chi connectivity index (χ0v) is 12.8. The van der Waals surface area contributed by atoms with Crippen LogP contribution >= 0.6 is 0 Å². The Labute approximate surface area is 125 Å². The van der Waals surface area contributed by atoms with Crippen LogP contribution in [-0.2, 0) is 5.41 Å². The van der Waals surface area contributed by atoms with E-state index in [1.165, 1.54) is 0 Å². The number of ether oxygens (including phenoxy) is 1. The van der Waals surface area contributed by atoms with Gasteiger partial charge in [0.1, 0.15) is 11.8 Å². The molecule has 0 aliphatic carbocycles. The molecule has 1 aromatic carbocycles. The molecule has 0 bridgehead atoms. The Morgan fingerprint density at radius 1 is 1.10 bits per heavy atom. The van der Waals surface area contributed by atoms with E-state index in [-0.39, 0.29) is 0 Å². The number of hydrogen-bond acceptors (Lipinski definition) is 4. The van der Waals surface area contributed by atoms with Gasteiger partial charge in [-0.05, 0) is 18.4 Å². The van der Waals surface area contributed by atoms with Crippen molar-refractivity contribution in [2.75, 3.05) is 7.11 Å². The zero-order chi connectivity index (χ0) is 15.3. The Kier molecular flexibility index (Phi) is 4.91. The van der Waals surface area contributed by atoms with E-state index >= 15 is 0 Å². The maximum atomic E-state index is 11.0. The molecule has 4 heteroatoms. The summed E-state index contributed by atoms with van der Waals surface area (Å²) in [5.74, 6) is 0.382. The molecule has 1 heterocycles. The molecule has 1 aromatic heterocycles. The molecular formula is C17H22N2O2. The topological polar surface area (TPSA) is 55.2 Å². The van der Waals surface area contributed by atoms with E-state index in [4.69, 9.17) is 4.74 Å². The van der Waals surface area contributed by atoms with Gasteiger partial charge < -0.3 is 9.84 Å². The van der Waals surface area contributed by atoms with Crippen molar-refractivity contribution in [3.8, 4) is 5.88 Å². The summed E-state index contributed by atoms with van der Waals surface area (Å²) in [5.41, 5.74) is 1.20. The Balaban J connectivity index is 2.52. The molecule has 0 radical (unpaired) electrons. The lowest BCUT2D eigenvalue weighted by molar-refractivity contribution is 0.0659. The van der Waals surface area contributed by atoms with Gasteiger partial charge in [-0.25, -0.2) is 4.98 Å². The Bertz CT molecular complexity index is 568. The first-order chi connectivity index (χ1) is 10.2. The third-order valence-electron chi connectivity index (χ3n) is 4.28. The van der Waals surface area contributed by atoms with Crippen molar-refractivity contribution < 1.29 is 9.84 Å². The van der Waals surface area contributed by atoms with Crippen molar-refractivity contribution >= 4 is 0 Å². The molecule has 0 aliphatic rings. The van der Waals surface area contributed by atoms with Crippen LogP contribution in [-0.4, -0.2) is 22.2 Å². The molecule has 2 rings (SSSR count). The van der Waals surface area contributed by atoms with Gasteiger partial charge in [-0.3, -0.25) is 4.98 Å². The maximum absolute atomic E-state index is 11.0. The molecule has 0 fully saturated rings. The first-order valence-electron chi connectivity index (χ1n) is 7.28. The zero-order valence-electron chi connectivity index (χ0n) is 12.8.